The molecule has 0 heterocycles. The fourth-order valence-electron chi connectivity index (χ4n) is 1.95. The van der Waals surface area contributed by atoms with Crippen molar-refractivity contribution in [3.05, 3.63) is 59.4 Å². The van der Waals surface area contributed by atoms with E-state index in [-0.39, 0.29) is 11.7 Å². The summed E-state index contributed by atoms with van der Waals surface area (Å²) in [5.41, 5.74) is 8.06. The van der Waals surface area contributed by atoms with Gasteiger partial charge in [-0.1, -0.05) is 18.2 Å². The molecule has 0 aromatic heterocycles. The van der Waals surface area contributed by atoms with Crippen LogP contribution in [0.25, 0.3) is 0 Å². The van der Waals surface area contributed by atoms with Crippen LogP contribution in [0.1, 0.15) is 22.8 Å². The highest BCUT2D eigenvalue weighted by Crippen LogP contribution is 2.21. The highest BCUT2D eigenvalue weighted by Gasteiger charge is 2.08. The van der Waals surface area contributed by atoms with Crippen LogP contribution in [0.2, 0.25) is 0 Å². The first-order chi connectivity index (χ1) is 10.1. The second-order valence-corrected chi connectivity index (χ2v) is 4.61. The first-order valence-electron chi connectivity index (χ1n) is 6.76. The number of amides is 1. The minimum absolute atomic E-state index is 0.161. The molecule has 0 aliphatic rings. The van der Waals surface area contributed by atoms with Crippen molar-refractivity contribution >= 4 is 17.3 Å². The van der Waals surface area contributed by atoms with Gasteiger partial charge in [0.25, 0.3) is 5.91 Å². The molecule has 0 bridgehead atoms. The predicted molar refractivity (Wildman–Crippen MR) is 82.6 cm³/mol. The first-order valence-corrected chi connectivity index (χ1v) is 6.76. The Bertz CT molecular complexity index is 643. The van der Waals surface area contributed by atoms with E-state index >= 15 is 0 Å². The smallest absolute Gasteiger partial charge is 0.251 e. The predicted octanol–water partition coefficient (Wildman–Crippen LogP) is 2.77. The molecule has 0 fully saturated rings. The molecule has 4 nitrogen and oxygen atoms in total. The average molecular weight is 287 g/mol. The van der Waals surface area contributed by atoms with Crippen LogP contribution in [0.4, 0.5) is 15.8 Å². The van der Waals surface area contributed by atoms with Crippen molar-refractivity contribution in [3.63, 3.8) is 0 Å². The minimum atomic E-state index is -0.275. The molecule has 4 N–H and O–H groups in total. The van der Waals surface area contributed by atoms with E-state index in [1.165, 1.54) is 6.07 Å². The maximum Gasteiger partial charge on any atom is 0.251 e. The normalized spacial score (nSPS) is 10.2. The van der Waals surface area contributed by atoms with Crippen LogP contribution in [0.15, 0.2) is 42.5 Å². The van der Waals surface area contributed by atoms with E-state index in [1.807, 2.05) is 6.92 Å². The van der Waals surface area contributed by atoms with Gasteiger partial charge in [0.15, 0.2) is 0 Å². The summed E-state index contributed by atoms with van der Waals surface area (Å²) in [6.45, 7) is 2.71. The van der Waals surface area contributed by atoms with Gasteiger partial charge in [-0.3, -0.25) is 4.79 Å². The highest BCUT2D eigenvalue weighted by atomic mass is 19.1. The van der Waals surface area contributed by atoms with E-state index in [2.05, 4.69) is 10.6 Å². The monoisotopic (exact) mass is 287 g/mol. The Hall–Kier alpha value is -2.56. The largest absolute Gasteiger partial charge is 0.397 e. The summed E-state index contributed by atoms with van der Waals surface area (Å²) in [5.74, 6) is -0.435. The molecule has 0 aliphatic heterocycles. The van der Waals surface area contributed by atoms with Gasteiger partial charge in [-0.05, 0) is 31.2 Å². The summed E-state index contributed by atoms with van der Waals surface area (Å²) in [6.07, 6.45) is 0. The number of carbonyl (C=O) groups is 1. The van der Waals surface area contributed by atoms with Crippen molar-refractivity contribution in [1.29, 1.82) is 0 Å². The zero-order chi connectivity index (χ0) is 15.2. The summed E-state index contributed by atoms with van der Waals surface area (Å²) >= 11 is 0. The van der Waals surface area contributed by atoms with Crippen LogP contribution < -0.4 is 16.4 Å². The number of rotatable bonds is 5. The maximum absolute atomic E-state index is 13.6. The number of nitrogens with one attached hydrogen (secondary N) is 2. The molecule has 0 atom stereocenters. The van der Waals surface area contributed by atoms with Gasteiger partial charge in [0, 0.05) is 24.2 Å². The van der Waals surface area contributed by atoms with E-state index in [9.17, 15) is 9.18 Å². The number of carbonyl (C=O) groups excluding carboxylic acids is 1. The summed E-state index contributed by atoms with van der Waals surface area (Å²) in [4.78, 5) is 11.8. The van der Waals surface area contributed by atoms with Gasteiger partial charge >= 0.3 is 0 Å². The van der Waals surface area contributed by atoms with E-state index < -0.39 is 0 Å². The quantitative estimate of drug-likeness (QED) is 0.741. The molecule has 0 radical (unpaired) electrons. The van der Waals surface area contributed by atoms with Crippen molar-refractivity contribution < 1.29 is 9.18 Å². The number of halogens is 1. The molecule has 0 saturated heterocycles. The number of benzene rings is 2. The van der Waals surface area contributed by atoms with Crippen LogP contribution in [-0.2, 0) is 6.54 Å². The number of nitrogens with two attached hydrogens (primary N) is 1. The van der Waals surface area contributed by atoms with E-state index in [1.54, 1.807) is 36.4 Å². The lowest BCUT2D eigenvalue weighted by Gasteiger charge is -2.12. The average Bonchev–Trinajstić information content (AvgIpc) is 2.48. The number of hydrogen-bond acceptors (Lipinski definition) is 3. The standard InChI is InChI=1S/C16H18FN3O/c1-2-19-16(21)11-7-8-14(18)15(9-11)20-10-12-5-3-4-6-13(12)17/h3-9,20H,2,10,18H2,1H3,(H,19,21). The number of hydrogen-bond donors (Lipinski definition) is 3. The second-order valence-electron chi connectivity index (χ2n) is 4.61. The van der Waals surface area contributed by atoms with Gasteiger partial charge in [0.1, 0.15) is 5.82 Å². The third-order valence-electron chi connectivity index (χ3n) is 3.08. The topological polar surface area (TPSA) is 67.2 Å². The molecule has 0 saturated carbocycles. The minimum Gasteiger partial charge on any atom is -0.397 e. The highest BCUT2D eigenvalue weighted by molar-refractivity contribution is 5.96. The van der Waals surface area contributed by atoms with E-state index in [0.29, 0.717) is 35.6 Å². The Morgan fingerprint density at radius 1 is 1.24 bits per heavy atom. The Morgan fingerprint density at radius 2 is 2.00 bits per heavy atom. The molecule has 2 rings (SSSR count). The molecule has 0 spiro atoms. The fraction of sp³-hybridized carbons (Fsp3) is 0.188. The lowest BCUT2D eigenvalue weighted by atomic mass is 10.1. The second kappa shape index (κ2) is 6.74. The van der Waals surface area contributed by atoms with Crippen molar-refractivity contribution in [2.24, 2.45) is 0 Å². The molecule has 0 unspecified atom stereocenters. The van der Waals surface area contributed by atoms with Gasteiger partial charge in [-0.2, -0.15) is 0 Å². The first kappa shape index (κ1) is 14.8. The van der Waals surface area contributed by atoms with Crippen molar-refractivity contribution in [3.8, 4) is 0 Å². The molecular weight excluding hydrogens is 269 g/mol. The van der Waals surface area contributed by atoms with Crippen LogP contribution in [0.3, 0.4) is 0 Å². The molecule has 5 heteroatoms. The van der Waals surface area contributed by atoms with Gasteiger partial charge in [0.05, 0.1) is 11.4 Å². The summed E-state index contributed by atoms with van der Waals surface area (Å²) in [7, 11) is 0. The van der Waals surface area contributed by atoms with Crippen LogP contribution in [-0.4, -0.2) is 12.5 Å². The molecular formula is C16H18FN3O. The third-order valence-corrected chi connectivity index (χ3v) is 3.08. The summed E-state index contributed by atoms with van der Waals surface area (Å²) in [6, 6.07) is 11.5. The zero-order valence-electron chi connectivity index (χ0n) is 11.8. The Labute approximate surface area is 123 Å². The number of anilines is 2. The van der Waals surface area contributed by atoms with Crippen LogP contribution in [0.5, 0.6) is 0 Å². The summed E-state index contributed by atoms with van der Waals surface area (Å²) < 4.78 is 13.6. The van der Waals surface area contributed by atoms with Crippen molar-refractivity contribution in [2.75, 3.05) is 17.6 Å². The molecule has 21 heavy (non-hydrogen) atoms. The molecule has 2 aromatic rings. The Kier molecular flexibility index (Phi) is 4.77. The van der Waals surface area contributed by atoms with Gasteiger partial charge < -0.3 is 16.4 Å². The SMILES string of the molecule is CCNC(=O)c1ccc(N)c(NCc2ccccc2F)c1. The van der Waals surface area contributed by atoms with Gasteiger partial charge in [-0.15, -0.1) is 0 Å². The Balaban J connectivity index is 2.14. The van der Waals surface area contributed by atoms with E-state index in [0.717, 1.165) is 0 Å². The molecule has 1 amide bonds. The van der Waals surface area contributed by atoms with Crippen molar-refractivity contribution in [2.45, 2.75) is 13.5 Å². The van der Waals surface area contributed by atoms with Crippen LogP contribution >= 0.6 is 0 Å². The molecule has 110 valence electrons. The third kappa shape index (κ3) is 3.72. The molecule has 2 aromatic carbocycles. The van der Waals surface area contributed by atoms with Crippen molar-refractivity contribution in [1.82, 2.24) is 5.32 Å². The summed E-state index contributed by atoms with van der Waals surface area (Å²) in [5, 5.41) is 5.79. The maximum atomic E-state index is 13.6. The molecule has 0 aliphatic carbocycles. The lowest BCUT2D eigenvalue weighted by molar-refractivity contribution is 0.0956. The zero-order valence-corrected chi connectivity index (χ0v) is 11.8. The number of nitrogen functional groups attached to an aromatic ring is 1. The fourth-order valence-corrected chi connectivity index (χ4v) is 1.95. The van der Waals surface area contributed by atoms with Gasteiger partial charge in [-0.25, -0.2) is 4.39 Å². The van der Waals surface area contributed by atoms with Gasteiger partial charge in [0.2, 0.25) is 0 Å². The lowest BCUT2D eigenvalue weighted by Crippen LogP contribution is -2.22. The Morgan fingerprint density at radius 3 is 2.71 bits per heavy atom. The van der Waals surface area contributed by atoms with Crippen LogP contribution in [0, 0.1) is 5.82 Å². The van der Waals surface area contributed by atoms with E-state index in [4.69, 9.17) is 5.73 Å².